The van der Waals surface area contributed by atoms with Crippen molar-refractivity contribution in [2.24, 2.45) is 0 Å². The largest absolute Gasteiger partial charge is 0.507 e. The normalized spacial score (nSPS) is 11.2. The second-order valence-corrected chi connectivity index (χ2v) is 13.5. The first-order chi connectivity index (χ1) is 25.6. The van der Waals surface area contributed by atoms with Gasteiger partial charge in [-0.2, -0.15) is 0 Å². The van der Waals surface area contributed by atoms with Crippen molar-refractivity contribution < 1.29 is 29.9 Å². The van der Waals surface area contributed by atoms with Gasteiger partial charge in [0.25, 0.3) is 0 Å². The molecule has 1 heterocycles. The fourth-order valence-electron chi connectivity index (χ4n) is 6.20. The SMILES string of the molecule is OCCCCCCCCCCCOc1ccc(-c2nc(-c3ccccc3)nc(-c3ccc(OCCCCCCCCCCCO)cc3O)n2)c(O)c1. The molecular weight excluding hydrogens is 654 g/mol. The van der Waals surface area contributed by atoms with Gasteiger partial charge in [0.1, 0.15) is 23.0 Å². The van der Waals surface area contributed by atoms with Gasteiger partial charge in [0.05, 0.1) is 24.3 Å². The van der Waals surface area contributed by atoms with Crippen molar-refractivity contribution >= 4 is 0 Å². The monoisotopic (exact) mass is 713 g/mol. The zero-order valence-corrected chi connectivity index (χ0v) is 30.9. The molecule has 282 valence electrons. The molecule has 0 atom stereocenters. The number of phenolic OH excluding ortho intramolecular Hbond substituents is 2. The summed E-state index contributed by atoms with van der Waals surface area (Å²) in [7, 11) is 0. The number of ether oxygens (including phenoxy) is 2. The summed E-state index contributed by atoms with van der Waals surface area (Å²) in [5, 5.41) is 39.9. The van der Waals surface area contributed by atoms with Crippen LogP contribution in [0.4, 0.5) is 0 Å². The summed E-state index contributed by atoms with van der Waals surface area (Å²) in [6.45, 7) is 1.74. The summed E-state index contributed by atoms with van der Waals surface area (Å²) in [5.41, 5.74) is 1.66. The van der Waals surface area contributed by atoms with E-state index >= 15 is 0 Å². The van der Waals surface area contributed by atoms with E-state index in [0.717, 1.165) is 56.9 Å². The van der Waals surface area contributed by atoms with Crippen molar-refractivity contribution in [1.82, 2.24) is 15.0 Å². The van der Waals surface area contributed by atoms with E-state index in [1.807, 2.05) is 42.5 Å². The third-order valence-corrected chi connectivity index (χ3v) is 9.23. The second-order valence-electron chi connectivity index (χ2n) is 13.5. The van der Waals surface area contributed by atoms with Gasteiger partial charge in [-0.05, 0) is 49.9 Å². The lowest BCUT2D eigenvalue weighted by Gasteiger charge is -2.12. The van der Waals surface area contributed by atoms with E-state index in [0.29, 0.717) is 54.9 Å². The van der Waals surface area contributed by atoms with Crippen LogP contribution >= 0.6 is 0 Å². The molecule has 0 bridgehead atoms. The molecule has 9 heteroatoms. The molecule has 0 unspecified atom stereocenters. The molecular formula is C43H59N3O6. The zero-order valence-electron chi connectivity index (χ0n) is 30.9. The topological polar surface area (TPSA) is 138 Å². The first-order valence-corrected chi connectivity index (χ1v) is 19.5. The molecule has 0 saturated carbocycles. The minimum absolute atomic E-state index is 0.000813. The number of rotatable bonds is 27. The Labute approximate surface area is 310 Å². The number of nitrogens with zero attached hydrogens (tertiary/aromatic N) is 3. The lowest BCUT2D eigenvalue weighted by atomic mass is 10.1. The van der Waals surface area contributed by atoms with Gasteiger partial charge in [0.2, 0.25) is 0 Å². The van der Waals surface area contributed by atoms with Crippen molar-refractivity contribution in [3.63, 3.8) is 0 Å². The summed E-state index contributed by atoms with van der Waals surface area (Å²) >= 11 is 0. The number of hydrogen-bond acceptors (Lipinski definition) is 9. The molecule has 0 fully saturated rings. The fraction of sp³-hybridized carbons (Fsp3) is 0.512. The van der Waals surface area contributed by atoms with E-state index in [9.17, 15) is 10.2 Å². The summed E-state index contributed by atoms with van der Waals surface area (Å²) in [6, 6.07) is 19.9. The summed E-state index contributed by atoms with van der Waals surface area (Å²) in [4.78, 5) is 14.1. The van der Waals surface area contributed by atoms with Gasteiger partial charge in [-0.15, -0.1) is 0 Å². The minimum atomic E-state index is 0.000813. The lowest BCUT2D eigenvalue weighted by Crippen LogP contribution is -2.01. The number of unbranched alkanes of at least 4 members (excludes halogenated alkanes) is 16. The van der Waals surface area contributed by atoms with E-state index in [2.05, 4.69) is 0 Å². The highest BCUT2D eigenvalue weighted by atomic mass is 16.5. The average Bonchev–Trinajstić information content (AvgIpc) is 3.16. The highest BCUT2D eigenvalue weighted by Crippen LogP contribution is 2.35. The van der Waals surface area contributed by atoms with E-state index in [1.165, 1.54) is 64.2 Å². The predicted octanol–water partition coefficient (Wildman–Crippen LogP) is 10.0. The Morgan fingerprint density at radius 3 is 1.15 bits per heavy atom. The van der Waals surface area contributed by atoms with Gasteiger partial charge in [-0.1, -0.05) is 120 Å². The number of phenols is 2. The lowest BCUT2D eigenvalue weighted by molar-refractivity contribution is 0.282. The molecule has 4 rings (SSSR count). The molecule has 0 aliphatic rings. The molecule has 0 saturated heterocycles. The molecule has 0 aliphatic heterocycles. The molecule has 0 aliphatic carbocycles. The smallest absolute Gasteiger partial charge is 0.167 e. The van der Waals surface area contributed by atoms with Crippen molar-refractivity contribution in [1.29, 1.82) is 0 Å². The van der Waals surface area contributed by atoms with Crippen LogP contribution in [0.25, 0.3) is 34.2 Å². The summed E-state index contributed by atoms with van der Waals surface area (Å²) < 4.78 is 11.9. The van der Waals surface area contributed by atoms with E-state index < -0.39 is 0 Å². The molecule has 52 heavy (non-hydrogen) atoms. The van der Waals surface area contributed by atoms with Gasteiger partial charge < -0.3 is 29.9 Å². The van der Waals surface area contributed by atoms with Crippen LogP contribution in [0.2, 0.25) is 0 Å². The van der Waals surface area contributed by atoms with Crippen LogP contribution < -0.4 is 9.47 Å². The van der Waals surface area contributed by atoms with Crippen molar-refractivity contribution in [3.05, 3.63) is 66.7 Å². The Morgan fingerprint density at radius 1 is 0.404 bits per heavy atom. The Bertz CT molecular complexity index is 1470. The van der Waals surface area contributed by atoms with Crippen LogP contribution in [0, 0.1) is 0 Å². The van der Waals surface area contributed by atoms with Gasteiger partial charge >= 0.3 is 0 Å². The molecule has 0 amide bonds. The minimum Gasteiger partial charge on any atom is -0.507 e. The van der Waals surface area contributed by atoms with Crippen LogP contribution in [-0.4, -0.2) is 61.8 Å². The van der Waals surface area contributed by atoms with Crippen LogP contribution in [0.15, 0.2) is 66.7 Å². The van der Waals surface area contributed by atoms with Crippen LogP contribution in [0.5, 0.6) is 23.0 Å². The molecule has 3 aromatic carbocycles. The van der Waals surface area contributed by atoms with E-state index in [1.54, 1.807) is 24.3 Å². The predicted molar refractivity (Wildman–Crippen MR) is 208 cm³/mol. The summed E-state index contributed by atoms with van der Waals surface area (Å²) in [6.07, 6.45) is 20.3. The third kappa shape index (κ3) is 14.4. The van der Waals surface area contributed by atoms with Gasteiger partial charge in [-0.3, -0.25) is 0 Å². The van der Waals surface area contributed by atoms with E-state index in [4.69, 9.17) is 34.6 Å². The second kappa shape index (κ2) is 24.1. The number of aromatic nitrogens is 3. The number of aliphatic hydroxyl groups excluding tert-OH is 2. The van der Waals surface area contributed by atoms with E-state index in [-0.39, 0.29) is 23.1 Å². The Kier molecular flexibility index (Phi) is 18.8. The molecule has 0 spiro atoms. The molecule has 0 radical (unpaired) electrons. The molecule has 9 nitrogen and oxygen atoms in total. The average molecular weight is 714 g/mol. The van der Waals surface area contributed by atoms with Crippen molar-refractivity contribution in [3.8, 4) is 57.2 Å². The first kappa shape index (κ1) is 40.6. The third-order valence-electron chi connectivity index (χ3n) is 9.23. The molecule has 1 aromatic heterocycles. The zero-order chi connectivity index (χ0) is 36.6. The number of benzene rings is 3. The number of hydrogen-bond donors (Lipinski definition) is 4. The van der Waals surface area contributed by atoms with Crippen LogP contribution in [-0.2, 0) is 0 Å². The van der Waals surface area contributed by atoms with Crippen molar-refractivity contribution in [2.45, 2.75) is 116 Å². The Morgan fingerprint density at radius 2 is 0.769 bits per heavy atom. The highest BCUT2D eigenvalue weighted by Gasteiger charge is 2.17. The maximum atomic E-state index is 11.1. The van der Waals surface area contributed by atoms with Gasteiger partial charge in [-0.25, -0.2) is 15.0 Å². The quantitative estimate of drug-likeness (QED) is 0.0445. The van der Waals surface area contributed by atoms with Crippen LogP contribution in [0.3, 0.4) is 0 Å². The first-order valence-electron chi connectivity index (χ1n) is 19.5. The van der Waals surface area contributed by atoms with Gasteiger partial charge in [0, 0.05) is 30.9 Å². The maximum absolute atomic E-state index is 11.1. The Balaban J connectivity index is 1.33. The van der Waals surface area contributed by atoms with Gasteiger partial charge in [0.15, 0.2) is 17.5 Å². The maximum Gasteiger partial charge on any atom is 0.167 e. The standard InChI is InChI=1S/C43H59N3O6/c47-28-18-11-7-3-1-5-9-13-20-30-51-35-24-26-37(39(49)32-35)42-44-41(34-22-16-15-17-23-34)45-43(46-42)38-27-25-36(33-40(38)50)52-31-21-14-10-6-2-4-8-12-19-29-48/h15-17,22-27,32-33,47-50H,1-14,18-21,28-31H2. The number of aromatic hydroxyl groups is 2. The fourth-order valence-corrected chi connectivity index (χ4v) is 6.20. The number of aliphatic hydroxyl groups is 2. The summed E-state index contributed by atoms with van der Waals surface area (Å²) in [5.74, 6) is 2.17. The molecule has 4 N–H and O–H groups in total. The van der Waals surface area contributed by atoms with Crippen LogP contribution in [0.1, 0.15) is 116 Å². The molecule has 4 aromatic rings. The van der Waals surface area contributed by atoms with Crippen molar-refractivity contribution in [2.75, 3.05) is 26.4 Å². The Hall–Kier alpha value is -4.21. The highest BCUT2D eigenvalue weighted by molar-refractivity contribution is 5.72.